The minimum absolute atomic E-state index is 0.00219. The third-order valence-corrected chi connectivity index (χ3v) is 14.3. The quantitative estimate of drug-likeness (QED) is 0.0942. The summed E-state index contributed by atoms with van der Waals surface area (Å²) in [6.07, 6.45) is 4.77. The number of aldehydes is 1. The molecule has 3 aromatic carbocycles. The Kier molecular flexibility index (Phi) is 13.5. The molecule has 1 aromatic heterocycles. The molecule has 14 heteroatoms. The lowest BCUT2D eigenvalue weighted by Gasteiger charge is -2.39. The lowest BCUT2D eigenvalue weighted by Crippen LogP contribution is -2.53. The van der Waals surface area contributed by atoms with Gasteiger partial charge in [0.15, 0.2) is 6.29 Å². The fourth-order valence-corrected chi connectivity index (χ4v) is 11.0. The average Bonchev–Trinajstić information content (AvgIpc) is 3.88. The Hall–Kier alpha value is -4.92. The van der Waals surface area contributed by atoms with E-state index in [1.165, 1.54) is 29.0 Å². The molecule has 4 aromatic rings. The van der Waals surface area contributed by atoms with E-state index in [0.717, 1.165) is 85.8 Å². The number of aromatic amines is 1. The average molecular weight is 871 g/mol. The lowest BCUT2D eigenvalue weighted by atomic mass is 9.83. The summed E-state index contributed by atoms with van der Waals surface area (Å²) in [5.74, 6) is -2.12. The smallest absolute Gasteiger partial charge is 0.255 e. The number of carbonyl (C=O) groups is 4. The lowest BCUT2D eigenvalue weighted by molar-refractivity contribution is -0.136. The molecule has 0 bridgehead atoms. The number of nitrogens with zero attached hydrogens (tertiary/aromatic N) is 4. The van der Waals surface area contributed by atoms with Gasteiger partial charge in [0.1, 0.15) is 17.7 Å². The molecule has 2 unspecified atom stereocenters. The number of rotatable bonds is 10. The van der Waals surface area contributed by atoms with Crippen LogP contribution in [0.5, 0.6) is 0 Å². The van der Waals surface area contributed by atoms with Crippen LogP contribution in [0.25, 0.3) is 10.9 Å². The highest BCUT2D eigenvalue weighted by atomic mass is 19.3. The maximum Gasteiger partial charge on any atom is 0.255 e. The normalized spacial score (nSPS) is 23.6. The first kappa shape index (κ1) is 44.7. The van der Waals surface area contributed by atoms with Crippen LogP contribution in [0.15, 0.2) is 48.5 Å². The number of nitrogens with one attached hydrogen (secondary N) is 2. The maximum absolute atomic E-state index is 16.2. The van der Waals surface area contributed by atoms with E-state index in [1.807, 2.05) is 38.1 Å². The predicted molar refractivity (Wildman–Crippen MR) is 233 cm³/mol. The van der Waals surface area contributed by atoms with Gasteiger partial charge in [0, 0.05) is 73.4 Å². The summed E-state index contributed by atoms with van der Waals surface area (Å²) >= 11 is 0. The minimum Gasteiger partial charge on any atom is -0.357 e. The van der Waals surface area contributed by atoms with Crippen molar-refractivity contribution in [2.24, 2.45) is 5.92 Å². The van der Waals surface area contributed by atoms with E-state index in [9.17, 15) is 28.0 Å². The van der Waals surface area contributed by atoms with Crippen LogP contribution in [-0.4, -0.2) is 107 Å². The van der Waals surface area contributed by atoms with Crippen LogP contribution in [0.4, 0.5) is 17.6 Å². The number of carbonyl (C=O) groups excluding carboxylic acids is 4. The van der Waals surface area contributed by atoms with E-state index in [2.05, 4.69) is 20.1 Å². The molecule has 2 N–H and O–H groups in total. The third-order valence-electron chi connectivity index (χ3n) is 14.3. The van der Waals surface area contributed by atoms with Crippen molar-refractivity contribution in [1.29, 1.82) is 0 Å². The molecule has 5 heterocycles. The first-order valence-corrected chi connectivity index (χ1v) is 22.7. The van der Waals surface area contributed by atoms with E-state index < -0.39 is 48.5 Å². The van der Waals surface area contributed by atoms with Gasteiger partial charge in [-0.2, -0.15) is 0 Å². The molecule has 3 fully saturated rings. The van der Waals surface area contributed by atoms with Crippen LogP contribution in [-0.2, 0) is 29.1 Å². The molecule has 3 amide bonds. The van der Waals surface area contributed by atoms with Gasteiger partial charge in [-0.25, -0.2) is 17.6 Å². The maximum atomic E-state index is 16.2. The largest absolute Gasteiger partial charge is 0.357 e. The van der Waals surface area contributed by atoms with Crippen molar-refractivity contribution < 1.29 is 36.7 Å². The Morgan fingerprint density at radius 2 is 1.57 bits per heavy atom. The van der Waals surface area contributed by atoms with Gasteiger partial charge in [-0.05, 0) is 129 Å². The van der Waals surface area contributed by atoms with Gasteiger partial charge in [0.05, 0.1) is 18.2 Å². The van der Waals surface area contributed by atoms with Crippen molar-refractivity contribution in [2.75, 3.05) is 39.8 Å². The summed E-state index contributed by atoms with van der Waals surface area (Å²) in [4.78, 5) is 60.8. The highest BCUT2D eigenvalue weighted by Gasteiger charge is 2.39. The molecule has 9 rings (SSSR count). The SMILES string of the molecule is CC.CN(C(=O)c1cc2c(cc1C=O)CN(C1CCC(CN3CCC(c4cc(F)c(C5c6[nH]c7ccccc7c6CCN5CC(F)F)c(F)c4)CC3)CC1)C2)C1CCC(=O)NC1=O. The van der Waals surface area contributed by atoms with E-state index in [4.69, 9.17) is 0 Å². The molecule has 63 heavy (non-hydrogen) atoms. The number of H-pyrrole nitrogens is 1. The van der Waals surface area contributed by atoms with Crippen molar-refractivity contribution in [1.82, 2.24) is 29.9 Å². The number of halogens is 4. The number of alkyl halides is 2. The summed E-state index contributed by atoms with van der Waals surface area (Å²) in [7, 11) is 1.53. The molecule has 336 valence electrons. The number of piperidine rings is 2. The molecular weight excluding hydrogens is 813 g/mol. The Bertz CT molecular complexity index is 2330. The summed E-state index contributed by atoms with van der Waals surface area (Å²) in [6, 6.07) is 12.7. The number of benzene rings is 3. The number of hydrogen-bond acceptors (Lipinski definition) is 7. The van der Waals surface area contributed by atoms with Gasteiger partial charge in [0.25, 0.3) is 12.3 Å². The second-order valence-electron chi connectivity index (χ2n) is 17.9. The highest BCUT2D eigenvalue weighted by Crippen LogP contribution is 2.42. The summed E-state index contributed by atoms with van der Waals surface area (Å²) < 4.78 is 59.9. The summed E-state index contributed by atoms with van der Waals surface area (Å²) in [5.41, 5.74) is 5.39. The van der Waals surface area contributed by atoms with Crippen molar-refractivity contribution in [3.05, 3.63) is 105 Å². The fraction of sp³-hybridized carbons (Fsp3) is 0.510. The second-order valence-corrected chi connectivity index (χ2v) is 17.9. The number of para-hydroxylation sites is 1. The molecule has 5 aliphatic rings. The number of likely N-dealkylation sites (tertiary alicyclic amines) is 1. The predicted octanol–water partition coefficient (Wildman–Crippen LogP) is 8.13. The highest BCUT2D eigenvalue weighted by molar-refractivity contribution is 6.06. The topological polar surface area (TPSA) is 109 Å². The monoisotopic (exact) mass is 870 g/mol. The van der Waals surface area contributed by atoms with Gasteiger partial charge in [-0.15, -0.1) is 0 Å². The van der Waals surface area contributed by atoms with E-state index in [-0.39, 0.29) is 42.3 Å². The van der Waals surface area contributed by atoms with E-state index in [0.29, 0.717) is 54.6 Å². The second kappa shape index (κ2) is 19.0. The molecule has 0 spiro atoms. The number of imide groups is 1. The minimum atomic E-state index is -2.64. The molecule has 2 atom stereocenters. The number of amides is 3. The first-order chi connectivity index (χ1) is 30.4. The fourth-order valence-electron chi connectivity index (χ4n) is 11.0. The molecule has 1 saturated carbocycles. The first-order valence-electron chi connectivity index (χ1n) is 22.7. The molecular formula is C49H58F4N6O4. The molecule has 0 radical (unpaired) electrons. The number of fused-ring (bicyclic) bond motifs is 4. The van der Waals surface area contributed by atoms with Crippen LogP contribution in [0.3, 0.4) is 0 Å². The van der Waals surface area contributed by atoms with Crippen LogP contribution >= 0.6 is 0 Å². The van der Waals surface area contributed by atoms with Crippen molar-refractivity contribution >= 4 is 34.9 Å². The molecule has 4 aliphatic heterocycles. The number of likely N-dealkylation sites (N-methyl/N-ethyl adjacent to an activating group) is 1. The number of aromatic nitrogens is 1. The Labute approximate surface area is 366 Å². The van der Waals surface area contributed by atoms with Crippen molar-refractivity contribution in [3.8, 4) is 0 Å². The Morgan fingerprint density at radius 1 is 0.889 bits per heavy atom. The molecule has 10 nitrogen and oxygen atoms in total. The van der Waals surface area contributed by atoms with Gasteiger partial charge in [-0.1, -0.05) is 32.0 Å². The van der Waals surface area contributed by atoms with Gasteiger partial charge in [-0.3, -0.25) is 34.3 Å². The van der Waals surface area contributed by atoms with Gasteiger partial charge < -0.3 is 14.8 Å². The molecule has 1 aliphatic carbocycles. The Morgan fingerprint density at radius 3 is 2.24 bits per heavy atom. The van der Waals surface area contributed by atoms with Crippen molar-refractivity contribution in [3.63, 3.8) is 0 Å². The van der Waals surface area contributed by atoms with E-state index >= 15 is 8.78 Å². The zero-order chi connectivity index (χ0) is 44.5. The zero-order valence-corrected chi connectivity index (χ0v) is 36.4. The van der Waals surface area contributed by atoms with Crippen LogP contribution in [0.2, 0.25) is 0 Å². The van der Waals surface area contributed by atoms with E-state index in [1.54, 1.807) is 12.1 Å². The third kappa shape index (κ3) is 9.08. The standard InChI is InChI=1S/C47H52F4N6O4.C2H6/c1-54(40-10-11-42(59)53-46(40)60)47(61)36-19-31-24-57(23-30(31)18-32(36)26-58)33-8-6-27(7-9-33)22-55-15-12-28(13-16-55)29-20-37(48)43(38(49)21-29)45-44-35(14-17-56(45)25-41(50)51)34-4-2-3-5-39(34)52-44;1-2/h2-5,18-21,26-28,33,40-41,45,52H,6-17,22-25H2,1H3,(H,53,59,60);1-2H3. The van der Waals surface area contributed by atoms with Crippen LogP contribution in [0.1, 0.15) is 131 Å². The number of hydrogen-bond donors (Lipinski definition) is 2. The van der Waals surface area contributed by atoms with Crippen LogP contribution in [0, 0.1) is 17.6 Å². The van der Waals surface area contributed by atoms with Gasteiger partial charge >= 0.3 is 0 Å². The van der Waals surface area contributed by atoms with Crippen LogP contribution < -0.4 is 5.32 Å². The van der Waals surface area contributed by atoms with Gasteiger partial charge in [0.2, 0.25) is 11.8 Å². The summed E-state index contributed by atoms with van der Waals surface area (Å²) in [5, 5.41) is 3.25. The molecule has 2 saturated heterocycles. The zero-order valence-electron chi connectivity index (χ0n) is 36.4. The Balaban J connectivity index is 0.00000268. The summed E-state index contributed by atoms with van der Waals surface area (Å²) in [6.45, 7) is 7.73. The van der Waals surface area contributed by atoms with Crippen molar-refractivity contribution in [2.45, 2.75) is 115 Å².